The van der Waals surface area contributed by atoms with Gasteiger partial charge in [-0.25, -0.2) is 14.4 Å². The third-order valence-electron chi connectivity index (χ3n) is 1.91. The van der Waals surface area contributed by atoms with Crippen LogP contribution in [0.1, 0.15) is 6.92 Å². The van der Waals surface area contributed by atoms with E-state index in [2.05, 4.69) is 4.74 Å². The second-order valence-electron chi connectivity index (χ2n) is 3.59. The summed E-state index contributed by atoms with van der Waals surface area (Å²) in [4.78, 5) is 35.8. The van der Waals surface area contributed by atoms with Crippen molar-refractivity contribution < 1.29 is 29.0 Å². The molecule has 0 amide bonds. The summed E-state index contributed by atoms with van der Waals surface area (Å²) in [6.45, 7) is 1.63. The smallest absolute Gasteiger partial charge is 0.346 e. The van der Waals surface area contributed by atoms with Crippen LogP contribution in [-0.2, 0) is 23.9 Å². The second-order valence-corrected chi connectivity index (χ2v) is 3.59. The highest BCUT2D eigenvalue weighted by Crippen LogP contribution is 2.12. The molecule has 1 N–H and O–H groups in total. The van der Waals surface area contributed by atoms with Crippen molar-refractivity contribution in [3.05, 3.63) is 23.4 Å². The molecule has 0 aliphatic carbocycles. The first kappa shape index (κ1) is 16.7. The van der Waals surface area contributed by atoms with Gasteiger partial charge < -0.3 is 19.5 Å². The molecule has 0 bridgehead atoms. The van der Waals surface area contributed by atoms with Crippen molar-refractivity contribution in [1.82, 2.24) is 4.90 Å². The maximum Gasteiger partial charge on any atom is 0.346 e. The van der Waals surface area contributed by atoms with E-state index in [0.29, 0.717) is 0 Å². The molecule has 106 valence electrons. The van der Waals surface area contributed by atoms with Gasteiger partial charge in [0.25, 0.3) is 0 Å². The van der Waals surface area contributed by atoms with Gasteiger partial charge in [-0.15, -0.1) is 0 Å². The molecule has 19 heavy (non-hydrogen) atoms. The van der Waals surface area contributed by atoms with Crippen LogP contribution in [0.5, 0.6) is 0 Å². The number of ether oxygens (including phenoxy) is 2. The molecule has 0 radical (unpaired) electrons. The lowest BCUT2D eigenvalue weighted by molar-refractivity contribution is -0.145. The predicted molar refractivity (Wildman–Crippen MR) is 66.1 cm³/mol. The lowest BCUT2D eigenvalue weighted by Crippen LogP contribution is -2.21. The minimum atomic E-state index is -1.56. The van der Waals surface area contributed by atoms with Crippen molar-refractivity contribution in [2.24, 2.45) is 0 Å². The van der Waals surface area contributed by atoms with E-state index in [-0.39, 0.29) is 12.2 Å². The fourth-order valence-corrected chi connectivity index (χ4v) is 1.10. The topological polar surface area (TPSA) is 93.1 Å². The van der Waals surface area contributed by atoms with E-state index in [1.165, 1.54) is 12.3 Å². The zero-order valence-corrected chi connectivity index (χ0v) is 11.3. The molecule has 0 heterocycles. The lowest BCUT2D eigenvalue weighted by Gasteiger charge is -2.09. The molecule has 0 spiro atoms. The number of carboxylic acids is 1. The Morgan fingerprint density at radius 1 is 1.21 bits per heavy atom. The number of carboxylic acid groups (broad SMARTS) is 1. The number of rotatable bonds is 6. The fourth-order valence-electron chi connectivity index (χ4n) is 1.10. The predicted octanol–water partition coefficient (Wildman–Crippen LogP) is 0.179. The van der Waals surface area contributed by atoms with Gasteiger partial charge in [-0.05, 0) is 19.2 Å². The Balaban J connectivity index is 5.79. The molecule has 0 atom stereocenters. The maximum absolute atomic E-state index is 11.7. The van der Waals surface area contributed by atoms with E-state index in [1.54, 1.807) is 25.9 Å². The average Bonchev–Trinajstić information content (AvgIpc) is 2.32. The molecule has 7 heteroatoms. The number of aliphatic carboxylic acids is 1. The largest absolute Gasteiger partial charge is 0.477 e. The van der Waals surface area contributed by atoms with E-state index in [9.17, 15) is 14.4 Å². The lowest BCUT2D eigenvalue weighted by atomic mass is 10.1. The van der Waals surface area contributed by atoms with Gasteiger partial charge in [-0.1, -0.05) is 0 Å². The van der Waals surface area contributed by atoms with E-state index in [0.717, 1.165) is 7.11 Å². The molecular weight excluding hydrogens is 254 g/mol. The summed E-state index contributed by atoms with van der Waals surface area (Å²) in [5.41, 5.74) is -1.13. The summed E-state index contributed by atoms with van der Waals surface area (Å²) in [5.74, 6) is -3.57. The SMILES string of the molecule is CCOC(=O)C(C=CN(C)C)=C(C(=O)O)C(=O)OC. The molecule has 0 aromatic heterocycles. The summed E-state index contributed by atoms with van der Waals surface area (Å²) >= 11 is 0. The second kappa shape index (κ2) is 7.91. The molecule has 0 rings (SSSR count). The number of esters is 2. The normalized spacial score (nSPS) is 11.8. The van der Waals surface area contributed by atoms with Crippen LogP contribution in [0.3, 0.4) is 0 Å². The van der Waals surface area contributed by atoms with Gasteiger partial charge in [0.1, 0.15) is 0 Å². The Morgan fingerprint density at radius 3 is 2.16 bits per heavy atom. The van der Waals surface area contributed by atoms with Crippen LogP contribution in [0.2, 0.25) is 0 Å². The monoisotopic (exact) mass is 271 g/mol. The van der Waals surface area contributed by atoms with Crippen molar-refractivity contribution in [2.75, 3.05) is 27.8 Å². The third kappa shape index (κ3) is 5.24. The molecule has 7 nitrogen and oxygen atoms in total. The van der Waals surface area contributed by atoms with Crippen molar-refractivity contribution in [1.29, 1.82) is 0 Å². The van der Waals surface area contributed by atoms with Crippen LogP contribution in [0, 0.1) is 0 Å². The van der Waals surface area contributed by atoms with Gasteiger partial charge in [0.15, 0.2) is 5.57 Å². The van der Waals surface area contributed by atoms with E-state index >= 15 is 0 Å². The van der Waals surface area contributed by atoms with Gasteiger partial charge in [-0.3, -0.25) is 0 Å². The average molecular weight is 271 g/mol. The van der Waals surface area contributed by atoms with Gasteiger partial charge in [-0.2, -0.15) is 0 Å². The fraction of sp³-hybridized carbons (Fsp3) is 0.417. The molecule has 0 saturated heterocycles. The Morgan fingerprint density at radius 2 is 1.79 bits per heavy atom. The molecular formula is C12H17NO6. The highest BCUT2D eigenvalue weighted by Gasteiger charge is 2.27. The van der Waals surface area contributed by atoms with Gasteiger partial charge in [0, 0.05) is 14.1 Å². The number of hydrogen-bond donors (Lipinski definition) is 1. The van der Waals surface area contributed by atoms with Crippen molar-refractivity contribution in [3.63, 3.8) is 0 Å². The Hall–Kier alpha value is -2.31. The number of carbonyl (C=O) groups excluding carboxylic acids is 2. The molecule has 0 aromatic carbocycles. The summed E-state index contributed by atoms with van der Waals surface area (Å²) in [6, 6.07) is 0. The van der Waals surface area contributed by atoms with Crippen molar-refractivity contribution in [3.8, 4) is 0 Å². The summed E-state index contributed by atoms with van der Waals surface area (Å²) in [5, 5.41) is 9.01. The highest BCUT2D eigenvalue weighted by molar-refractivity contribution is 6.19. The Kier molecular flexibility index (Phi) is 6.95. The Bertz CT molecular complexity index is 422. The highest BCUT2D eigenvalue weighted by atomic mass is 16.5. The van der Waals surface area contributed by atoms with Gasteiger partial charge in [0.05, 0.1) is 19.3 Å². The van der Waals surface area contributed by atoms with E-state index in [1.807, 2.05) is 0 Å². The van der Waals surface area contributed by atoms with Crippen LogP contribution in [0.4, 0.5) is 0 Å². The number of carbonyl (C=O) groups is 3. The van der Waals surface area contributed by atoms with Crippen LogP contribution < -0.4 is 0 Å². The van der Waals surface area contributed by atoms with Crippen LogP contribution in [-0.4, -0.2) is 55.7 Å². The van der Waals surface area contributed by atoms with Crippen LogP contribution in [0.25, 0.3) is 0 Å². The molecule has 0 saturated carbocycles. The van der Waals surface area contributed by atoms with E-state index < -0.39 is 23.5 Å². The molecule has 0 unspecified atom stereocenters. The standard InChI is InChI=1S/C12H17NO6/c1-5-19-11(16)8(6-7-13(2)3)9(10(14)15)12(17)18-4/h6-7H,5H2,1-4H3,(H,14,15). The minimum absolute atomic E-state index is 0.0617. The first-order valence-electron chi connectivity index (χ1n) is 5.42. The molecule has 0 aliphatic rings. The third-order valence-corrected chi connectivity index (χ3v) is 1.91. The molecule has 0 aromatic rings. The van der Waals surface area contributed by atoms with E-state index in [4.69, 9.17) is 9.84 Å². The first-order chi connectivity index (χ1) is 8.84. The summed E-state index contributed by atoms with van der Waals surface area (Å²) < 4.78 is 9.08. The quantitative estimate of drug-likeness (QED) is 0.242. The Labute approximate surface area is 111 Å². The first-order valence-corrected chi connectivity index (χ1v) is 5.42. The summed E-state index contributed by atoms with van der Waals surface area (Å²) in [7, 11) is 4.39. The van der Waals surface area contributed by atoms with Crippen LogP contribution in [0.15, 0.2) is 23.4 Å². The van der Waals surface area contributed by atoms with Crippen molar-refractivity contribution >= 4 is 17.9 Å². The van der Waals surface area contributed by atoms with Crippen LogP contribution >= 0.6 is 0 Å². The van der Waals surface area contributed by atoms with Crippen molar-refractivity contribution in [2.45, 2.75) is 6.92 Å². The van der Waals surface area contributed by atoms with Gasteiger partial charge >= 0.3 is 17.9 Å². The minimum Gasteiger partial charge on any atom is -0.477 e. The summed E-state index contributed by atoms with van der Waals surface area (Å²) in [6.07, 6.45) is 2.62. The molecule has 0 aliphatic heterocycles. The zero-order valence-electron chi connectivity index (χ0n) is 11.3. The number of hydrogen-bond acceptors (Lipinski definition) is 6. The number of methoxy groups -OCH3 is 1. The number of nitrogens with zero attached hydrogens (tertiary/aromatic N) is 1. The molecule has 0 fully saturated rings. The van der Waals surface area contributed by atoms with Gasteiger partial charge in [0.2, 0.25) is 0 Å². The zero-order chi connectivity index (χ0) is 15.0. The maximum atomic E-state index is 11.7.